The van der Waals surface area contributed by atoms with Crippen molar-refractivity contribution in [1.29, 1.82) is 0 Å². The van der Waals surface area contributed by atoms with Gasteiger partial charge in [-0.2, -0.15) is 5.10 Å². The van der Waals surface area contributed by atoms with Crippen molar-refractivity contribution >= 4 is 18.1 Å². The molecule has 124 valence electrons. The molecule has 1 heterocycles. The number of aromatic amines is 1. The molecular weight excluding hydrogens is 319 g/mol. The summed E-state index contributed by atoms with van der Waals surface area (Å²) >= 11 is 5.16. The molecule has 0 fully saturated rings. The van der Waals surface area contributed by atoms with E-state index < -0.39 is 5.82 Å². The molecule has 0 saturated carbocycles. The average molecular weight is 338 g/mol. The standard InChI is InChI=1S/C15H19FN4O2S/c1-9(2)20-13(18-19-15(20)23)7-17-14(21)10-4-5-12(16)11(6-10)8-22-3/h4-6,9H,7-8H2,1-3H3,(H,17,21)(H,19,23). The van der Waals surface area contributed by atoms with E-state index in [0.717, 1.165) is 0 Å². The fraction of sp³-hybridized carbons (Fsp3) is 0.400. The molecule has 0 aliphatic heterocycles. The Balaban J connectivity index is 2.11. The summed E-state index contributed by atoms with van der Waals surface area (Å²) in [5, 5.41) is 9.59. The van der Waals surface area contributed by atoms with Crippen molar-refractivity contribution in [2.75, 3.05) is 7.11 Å². The number of methoxy groups -OCH3 is 1. The number of halogens is 1. The summed E-state index contributed by atoms with van der Waals surface area (Å²) in [5.74, 6) is -0.0757. The first kappa shape index (κ1) is 17.3. The van der Waals surface area contributed by atoms with Gasteiger partial charge in [0.15, 0.2) is 10.6 Å². The van der Waals surface area contributed by atoms with E-state index >= 15 is 0 Å². The first-order valence-corrected chi connectivity index (χ1v) is 7.56. The van der Waals surface area contributed by atoms with E-state index in [1.165, 1.54) is 25.3 Å². The molecule has 0 bridgehead atoms. The third-order valence-electron chi connectivity index (χ3n) is 3.31. The SMILES string of the molecule is COCc1cc(C(=O)NCc2n[nH]c(=S)n2C(C)C)ccc1F. The van der Waals surface area contributed by atoms with Crippen LogP contribution in [0.15, 0.2) is 18.2 Å². The number of carbonyl (C=O) groups excluding carboxylic acids is 1. The van der Waals surface area contributed by atoms with E-state index in [4.69, 9.17) is 17.0 Å². The molecule has 1 aromatic carbocycles. The molecule has 2 N–H and O–H groups in total. The van der Waals surface area contributed by atoms with Gasteiger partial charge in [-0.05, 0) is 44.3 Å². The second kappa shape index (κ2) is 7.47. The number of amides is 1. The fourth-order valence-electron chi connectivity index (χ4n) is 2.24. The predicted octanol–water partition coefficient (Wildman–Crippen LogP) is 2.74. The highest BCUT2D eigenvalue weighted by Crippen LogP contribution is 2.12. The maximum atomic E-state index is 13.6. The molecule has 2 rings (SSSR count). The van der Waals surface area contributed by atoms with Gasteiger partial charge in [-0.1, -0.05) is 0 Å². The molecule has 0 spiro atoms. The Hall–Kier alpha value is -2.06. The third-order valence-corrected chi connectivity index (χ3v) is 3.60. The topological polar surface area (TPSA) is 71.9 Å². The fourth-order valence-corrected chi connectivity index (χ4v) is 2.60. The van der Waals surface area contributed by atoms with Crippen LogP contribution in [0, 0.1) is 10.6 Å². The molecule has 23 heavy (non-hydrogen) atoms. The van der Waals surface area contributed by atoms with Crippen LogP contribution in [0.1, 0.15) is 41.6 Å². The number of H-pyrrole nitrogens is 1. The van der Waals surface area contributed by atoms with Gasteiger partial charge in [0.05, 0.1) is 13.2 Å². The highest BCUT2D eigenvalue weighted by atomic mass is 32.1. The smallest absolute Gasteiger partial charge is 0.251 e. The van der Waals surface area contributed by atoms with Crippen molar-refractivity contribution < 1.29 is 13.9 Å². The summed E-state index contributed by atoms with van der Waals surface area (Å²) in [5.41, 5.74) is 0.702. The molecule has 8 heteroatoms. The molecule has 0 aliphatic rings. The molecule has 0 atom stereocenters. The van der Waals surface area contributed by atoms with Crippen LogP contribution in [0.3, 0.4) is 0 Å². The Kier molecular flexibility index (Phi) is 5.62. The van der Waals surface area contributed by atoms with Crippen LogP contribution in [0.4, 0.5) is 4.39 Å². The number of rotatable bonds is 6. The lowest BCUT2D eigenvalue weighted by atomic mass is 10.1. The first-order chi connectivity index (χ1) is 10.9. The van der Waals surface area contributed by atoms with E-state index in [1.807, 2.05) is 18.4 Å². The summed E-state index contributed by atoms with van der Waals surface area (Å²) in [6.07, 6.45) is 0. The monoisotopic (exact) mass is 338 g/mol. The lowest BCUT2D eigenvalue weighted by molar-refractivity contribution is 0.0948. The molecule has 6 nitrogen and oxygen atoms in total. The van der Waals surface area contributed by atoms with Crippen molar-refractivity contribution in [3.63, 3.8) is 0 Å². The van der Waals surface area contributed by atoms with E-state index in [1.54, 1.807) is 0 Å². The summed E-state index contributed by atoms with van der Waals surface area (Å²) in [4.78, 5) is 12.2. The van der Waals surface area contributed by atoms with Gasteiger partial charge in [-0.25, -0.2) is 4.39 Å². The van der Waals surface area contributed by atoms with Crippen LogP contribution in [-0.4, -0.2) is 27.8 Å². The Bertz CT molecular complexity index is 754. The minimum atomic E-state index is -0.399. The Labute approximate surface area is 138 Å². The highest BCUT2D eigenvalue weighted by Gasteiger charge is 2.13. The molecule has 0 unspecified atom stereocenters. The lowest BCUT2D eigenvalue weighted by Crippen LogP contribution is -2.25. The molecule has 0 radical (unpaired) electrons. The van der Waals surface area contributed by atoms with Crippen LogP contribution in [0.2, 0.25) is 0 Å². The average Bonchev–Trinajstić information content (AvgIpc) is 2.88. The third kappa shape index (κ3) is 4.02. The van der Waals surface area contributed by atoms with Crippen LogP contribution in [-0.2, 0) is 17.9 Å². The van der Waals surface area contributed by atoms with Crippen LogP contribution < -0.4 is 5.32 Å². The summed E-state index contributed by atoms with van der Waals surface area (Å²) in [7, 11) is 1.47. The maximum Gasteiger partial charge on any atom is 0.251 e. The lowest BCUT2D eigenvalue weighted by Gasteiger charge is -2.11. The molecular formula is C15H19FN4O2S. The number of aromatic nitrogens is 3. The quantitative estimate of drug-likeness (QED) is 0.795. The van der Waals surface area contributed by atoms with E-state index in [0.29, 0.717) is 21.7 Å². The maximum absolute atomic E-state index is 13.6. The minimum absolute atomic E-state index is 0.110. The molecule has 2 aromatic rings. The number of ether oxygens (including phenoxy) is 1. The predicted molar refractivity (Wildman–Crippen MR) is 86.1 cm³/mol. The van der Waals surface area contributed by atoms with Gasteiger partial charge in [0.25, 0.3) is 5.91 Å². The van der Waals surface area contributed by atoms with Crippen LogP contribution >= 0.6 is 12.2 Å². The summed E-state index contributed by atoms with van der Waals surface area (Å²) in [6, 6.07) is 4.30. The zero-order valence-electron chi connectivity index (χ0n) is 13.2. The molecule has 0 aliphatic carbocycles. The second-order valence-electron chi connectivity index (χ2n) is 5.33. The Morgan fingerprint density at radius 2 is 2.26 bits per heavy atom. The molecule has 1 amide bonds. The number of nitrogens with one attached hydrogen (secondary N) is 2. The number of hydrogen-bond donors (Lipinski definition) is 2. The number of hydrogen-bond acceptors (Lipinski definition) is 4. The molecule has 1 aromatic heterocycles. The van der Waals surface area contributed by atoms with E-state index in [-0.39, 0.29) is 25.1 Å². The Morgan fingerprint density at radius 3 is 2.91 bits per heavy atom. The zero-order valence-corrected chi connectivity index (χ0v) is 14.0. The van der Waals surface area contributed by atoms with Crippen molar-refractivity contribution in [2.24, 2.45) is 0 Å². The summed E-state index contributed by atoms with van der Waals surface area (Å²) < 4.78 is 20.8. The van der Waals surface area contributed by atoms with Crippen molar-refractivity contribution in [2.45, 2.75) is 33.0 Å². The van der Waals surface area contributed by atoms with Crippen LogP contribution in [0.5, 0.6) is 0 Å². The number of benzene rings is 1. The van der Waals surface area contributed by atoms with Gasteiger partial charge in [0.2, 0.25) is 0 Å². The second-order valence-corrected chi connectivity index (χ2v) is 5.72. The van der Waals surface area contributed by atoms with Crippen molar-refractivity contribution in [3.05, 3.63) is 45.7 Å². The molecule has 0 saturated heterocycles. The van der Waals surface area contributed by atoms with Gasteiger partial charge in [0.1, 0.15) is 5.82 Å². The largest absolute Gasteiger partial charge is 0.380 e. The normalized spacial score (nSPS) is 11.0. The first-order valence-electron chi connectivity index (χ1n) is 7.15. The zero-order chi connectivity index (χ0) is 17.0. The van der Waals surface area contributed by atoms with Gasteiger partial charge < -0.3 is 14.6 Å². The number of carbonyl (C=O) groups is 1. The minimum Gasteiger partial charge on any atom is -0.380 e. The van der Waals surface area contributed by atoms with Gasteiger partial charge in [-0.15, -0.1) is 0 Å². The van der Waals surface area contributed by atoms with E-state index in [2.05, 4.69) is 15.5 Å². The van der Waals surface area contributed by atoms with Gasteiger partial charge in [-0.3, -0.25) is 9.89 Å². The highest BCUT2D eigenvalue weighted by molar-refractivity contribution is 7.71. The van der Waals surface area contributed by atoms with Crippen LogP contribution in [0.25, 0.3) is 0 Å². The Morgan fingerprint density at radius 1 is 1.52 bits per heavy atom. The number of nitrogens with zero attached hydrogens (tertiary/aromatic N) is 2. The summed E-state index contributed by atoms with van der Waals surface area (Å²) in [6.45, 7) is 4.29. The van der Waals surface area contributed by atoms with Crippen molar-refractivity contribution in [1.82, 2.24) is 20.1 Å². The van der Waals surface area contributed by atoms with E-state index in [9.17, 15) is 9.18 Å². The van der Waals surface area contributed by atoms with Gasteiger partial charge >= 0.3 is 0 Å². The van der Waals surface area contributed by atoms with Gasteiger partial charge in [0, 0.05) is 24.3 Å². The van der Waals surface area contributed by atoms with Crippen molar-refractivity contribution in [3.8, 4) is 0 Å².